The largest absolute Gasteiger partial charge is 0.497 e. The predicted octanol–water partition coefficient (Wildman–Crippen LogP) is 3.42. The van der Waals surface area contributed by atoms with Crippen LogP contribution in [0.2, 0.25) is 0 Å². The molecule has 2 N–H and O–H groups in total. The first-order chi connectivity index (χ1) is 15.5. The number of aromatic amines is 1. The molecule has 3 heterocycles. The van der Waals surface area contributed by atoms with Gasteiger partial charge >= 0.3 is 0 Å². The van der Waals surface area contributed by atoms with Gasteiger partial charge in [0.05, 0.1) is 24.2 Å². The first-order valence-electron chi connectivity index (χ1n) is 10.3. The van der Waals surface area contributed by atoms with Crippen LogP contribution < -0.4 is 4.74 Å². The zero-order chi connectivity index (χ0) is 22.3. The Morgan fingerprint density at radius 3 is 2.69 bits per heavy atom. The van der Waals surface area contributed by atoms with Crippen molar-refractivity contribution in [1.29, 1.82) is 0 Å². The molecule has 0 bridgehead atoms. The number of nitrogens with one attached hydrogen (secondary N) is 1. The molecule has 4 aromatic rings. The average molecular weight is 450 g/mol. The first-order valence-corrected chi connectivity index (χ1v) is 11.7. The molecule has 0 aliphatic carbocycles. The van der Waals surface area contributed by atoms with E-state index in [4.69, 9.17) is 4.74 Å². The zero-order valence-corrected chi connectivity index (χ0v) is 18.3. The van der Waals surface area contributed by atoms with Crippen molar-refractivity contribution in [2.24, 2.45) is 0 Å². The SMILES string of the molecule is COc1ccc2[nH]cc(C[C@@H]3[C@H](O)c4ccccc4S(=O)(=O)N3Cc3ccncc3)c2c1. The smallest absolute Gasteiger partial charge is 0.244 e. The minimum atomic E-state index is -3.81. The lowest BCUT2D eigenvalue weighted by molar-refractivity contribution is 0.0771. The number of benzene rings is 2. The highest BCUT2D eigenvalue weighted by Gasteiger charge is 2.43. The van der Waals surface area contributed by atoms with E-state index in [2.05, 4.69) is 9.97 Å². The first kappa shape index (κ1) is 20.7. The van der Waals surface area contributed by atoms with Crippen LogP contribution in [0.1, 0.15) is 22.8 Å². The van der Waals surface area contributed by atoms with Gasteiger partial charge in [0.25, 0.3) is 0 Å². The van der Waals surface area contributed by atoms with E-state index < -0.39 is 22.2 Å². The van der Waals surface area contributed by atoms with Crippen LogP contribution in [0, 0.1) is 0 Å². The molecular formula is C24H23N3O4S. The number of ether oxygens (including phenoxy) is 1. The van der Waals surface area contributed by atoms with Crippen LogP contribution in [0.25, 0.3) is 10.9 Å². The molecule has 0 spiro atoms. The van der Waals surface area contributed by atoms with Gasteiger partial charge in [0.1, 0.15) is 5.75 Å². The molecule has 2 aromatic heterocycles. The van der Waals surface area contributed by atoms with Crippen molar-refractivity contribution >= 4 is 20.9 Å². The highest BCUT2D eigenvalue weighted by molar-refractivity contribution is 7.89. The Labute approximate surface area is 186 Å². The number of methoxy groups -OCH3 is 1. The summed E-state index contributed by atoms with van der Waals surface area (Å²) in [5.74, 6) is 0.717. The molecule has 32 heavy (non-hydrogen) atoms. The molecule has 0 fully saturated rings. The van der Waals surface area contributed by atoms with Gasteiger partial charge in [-0.25, -0.2) is 8.42 Å². The number of fused-ring (bicyclic) bond motifs is 2. The maximum Gasteiger partial charge on any atom is 0.244 e. The van der Waals surface area contributed by atoms with Gasteiger partial charge in [0.15, 0.2) is 0 Å². The normalized spacial score (nSPS) is 20.2. The predicted molar refractivity (Wildman–Crippen MR) is 121 cm³/mol. The number of pyridine rings is 1. The molecule has 0 saturated carbocycles. The van der Waals surface area contributed by atoms with E-state index in [0.29, 0.717) is 17.7 Å². The second-order valence-corrected chi connectivity index (χ2v) is 9.74. The third-order valence-electron chi connectivity index (χ3n) is 6.05. The standard InChI is InChI=1S/C24H23N3O4S/c1-31-18-6-7-21-20(13-18)17(14-26-21)12-22-24(28)19-4-2-3-5-23(19)32(29,30)27(22)15-16-8-10-25-11-9-16/h2-11,13-14,22,24,26,28H,12,15H2,1H3/t22-,24-/m1/s1. The van der Waals surface area contributed by atoms with Crippen LogP contribution in [-0.2, 0) is 23.0 Å². The van der Waals surface area contributed by atoms with Crippen LogP contribution in [0.3, 0.4) is 0 Å². The van der Waals surface area contributed by atoms with Crippen molar-refractivity contribution in [3.63, 3.8) is 0 Å². The Morgan fingerprint density at radius 1 is 1.12 bits per heavy atom. The number of aromatic nitrogens is 2. The average Bonchev–Trinajstić information content (AvgIpc) is 3.22. The minimum Gasteiger partial charge on any atom is -0.497 e. The van der Waals surface area contributed by atoms with Crippen LogP contribution in [0.4, 0.5) is 0 Å². The summed E-state index contributed by atoms with van der Waals surface area (Å²) < 4.78 is 34.0. The van der Waals surface area contributed by atoms with E-state index in [9.17, 15) is 13.5 Å². The molecule has 0 radical (unpaired) electrons. The molecule has 164 valence electrons. The number of aliphatic hydroxyl groups is 1. The molecule has 0 amide bonds. The highest BCUT2D eigenvalue weighted by atomic mass is 32.2. The third kappa shape index (κ3) is 3.46. The van der Waals surface area contributed by atoms with Crippen molar-refractivity contribution in [2.75, 3.05) is 7.11 Å². The molecule has 7 nitrogen and oxygen atoms in total. The molecule has 2 atom stereocenters. The number of hydrogen-bond donors (Lipinski definition) is 2. The fourth-order valence-corrected chi connectivity index (χ4v) is 6.25. The number of aliphatic hydroxyl groups excluding tert-OH is 1. The summed E-state index contributed by atoms with van der Waals surface area (Å²) in [6, 6.07) is 15.3. The van der Waals surface area contributed by atoms with Gasteiger partial charge in [-0.2, -0.15) is 4.31 Å². The molecule has 5 rings (SSSR count). The Balaban J connectivity index is 1.61. The van der Waals surface area contributed by atoms with Gasteiger partial charge in [0.2, 0.25) is 10.0 Å². The molecule has 0 unspecified atom stereocenters. The van der Waals surface area contributed by atoms with Crippen molar-refractivity contribution in [2.45, 2.75) is 30.0 Å². The van der Waals surface area contributed by atoms with E-state index in [1.54, 1.807) is 55.9 Å². The number of rotatable bonds is 5. The van der Waals surface area contributed by atoms with Crippen molar-refractivity contribution in [3.8, 4) is 5.75 Å². The van der Waals surface area contributed by atoms with Crippen LogP contribution >= 0.6 is 0 Å². The summed E-state index contributed by atoms with van der Waals surface area (Å²) in [6.07, 6.45) is 4.52. The Hall–Kier alpha value is -3.20. The summed E-state index contributed by atoms with van der Waals surface area (Å²) >= 11 is 0. The van der Waals surface area contributed by atoms with Crippen LogP contribution in [0.5, 0.6) is 5.75 Å². The zero-order valence-electron chi connectivity index (χ0n) is 17.5. The lowest BCUT2D eigenvalue weighted by Crippen LogP contribution is -2.48. The van der Waals surface area contributed by atoms with E-state index in [1.807, 2.05) is 24.4 Å². The molecule has 0 saturated heterocycles. The van der Waals surface area contributed by atoms with Crippen LogP contribution in [-0.4, -0.2) is 40.9 Å². The second kappa shape index (κ2) is 8.05. The minimum absolute atomic E-state index is 0.145. The topological polar surface area (TPSA) is 95.5 Å². The van der Waals surface area contributed by atoms with Gasteiger partial charge < -0.3 is 14.8 Å². The maximum atomic E-state index is 13.6. The van der Waals surface area contributed by atoms with E-state index in [1.165, 1.54) is 4.31 Å². The molecule has 1 aliphatic heterocycles. The summed E-state index contributed by atoms with van der Waals surface area (Å²) in [6.45, 7) is 0.145. The maximum absolute atomic E-state index is 13.6. The van der Waals surface area contributed by atoms with E-state index in [-0.39, 0.29) is 11.4 Å². The fraction of sp³-hybridized carbons (Fsp3) is 0.208. The monoisotopic (exact) mass is 449 g/mol. The second-order valence-electron chi connectivity index (χ2n) is 7.89. The number of sulfonamides is 1. The molecule has 2 aromatic carbocycles. The van der Waals surface area contributed by atoms with Crippen LogP contribution in [0.15, 0.2) is 78.1 Å². The van der Waals surface area contributed by atoms with Crippen molar-refractivity contribution in [1.82, 2.24) is 14.3 Å². The van der Waals surface area contributed by atoms with Crippen molar-refractivity contribution in [3.05, 3.63) is 89.9 Å². The summed E-state index contributed by atoms with van der Waals surface area (Å²) in [4.78, 5) is 7.41. The quantitative estimate of drug-likeness (QED) is 0.487. The Bertz CT molecular complexity index is 1370. The number of H-pyrrole nitrogens is 1. The fourth-order valence-electron chi connectivity index (χ4n) is 4.39. The summed E-state index contributed by atoms with van der Waals surface area (Å²) in [5.41, 5.74) is 3.08. The van der Waals surface area contributed by atoms with Gasteiger partial charge in [0, 0.05) is 41.6 Å². The van der Waals surface area contributed by atoms with Gasteiger partial charge in [-0.15, -0.1) is 0 Å². The molecular weight excluding hydrogens is 426 g/mol. The lowest BCUT2D eigenvalue weighted by Gasteiger charge is -2.39. The molecule has 1 aliphatic rings. The van der Waals surface area contributed by atoms with Gasteiger partial charge in [-0.3, -0.25) is 4.98 Å². The third-order valence-corrected chi connectivity index (χ3v) is 8.00. The lowest BCUT2D eigenvalue weighted by atomic mass is 9.95. The van der Waals surface area contributed by atoms with Crippen molar-refractivity contribution < 1.29 is 18.3 Å². The highest BCUT2D eigenvalue weighted by Crippen LogP contribution is 2.39. The summed E-state index contributed by atoms with van der Waals surface area (Å²) in [7, 11) is -2.20. The number of nitrogens with zero attached hydrogens (tertiary/aromatic N) is 2. The molecule has 8 heteroatoms. The Kier molecular flexibility index (Phi) is 5.21. The van der Waals surface area contributed by atoms with Gasteiger partial charge in [-0.05, 0) is 53.9 Å². The van der Waals surface area contributed by atoms with E-state index >= 15 is 0 Å². The summed E-state index contributed by atoms with van der Waals surface area (Å²) in [5, 5.41) is 12.3. The Morgan fingerprint density at radius 2 is 1.91 bits per heavy atom. The number of hydrogen-bond acceptors (Lipinski definition) is 5. The van der Waals surface area contributed by atoms with Gasteiger partial charge in [-0.1, -0.05) is 18.2 Å². The van der Waals surface area contributed by atoms with E-state index in [0.717, 1.165) is 22.0 Å².